The van der Waals surface area contributed by atoms with E-state index in [2.05, 4.69) is 98.6 Å². The van der Waals surface area contributed by atoms with E-state index in [9.17, 15) is 0 Å². The highest BCUT2D eigenvalue weighted by Gasteiger charge is 2.43. The molecule has 1 aliphatic carbocycles. The molecule has 38 heavy (non-hydrogen) atoms. The van der Waals surface area contributed by atoms with Gasteiger partial charge in [0.05, 0.1) is 0 Å². The van der Waals surface area contributed by atoms with Gasteiger partial charge in [0.1, 0.15) is 5.67 Å². The fourth-order valence-electron chi connectivity index (χ4n) is 6.56. The maximum Gasteiger partial charge on any atom is 0.134 e. The molecule has 3 heteroatoms. The van der Waals surface area contributed by atoms with Crippen LogP contribution in [0.5, 0.6) is 0 Å². The van der Waals surface area contributed by atoms with Crippen molar-refractivity contribution in [2.45, 2.75) is 78.8 Å². The highest BCUT2D eigenvalue weighted by Crippen LogP contribution is 2.52. The van der Waals surface area contributed by atoms with Gasteiger partial charge in [-0.15, -0.1) is 0 Å². The smallest absolute Gasteiger partial charge is 0.134 e. The van der Waals surface area contributed by atoms with Crippen LogP contribution in [0.1, 0.15) is 88.5 Å². The zero-order valence-corrected chi connectivity index (χ0v) is 24.6. The van der Waals surface area contributed by atoms with Crippen LogP contribution in [0.2, 0.25) is 0 Å². The number of hydrogen-bond acceptors (Lipinski definition) is 2. The summed E-state index contributed by atoms with van der Waals surface area (Å²) in [5, 5.41) is 3.69. The van der Waals surface area contributed by atoms with Gasteiger partial charge >= 0.3 is 0 Å². The van der Waals surface area contributed by atoms with Gasteiger partial charge in [-0.2, -0.15) is 0 Å². The number of piperidine rings is 1. The number of benzene rings is 2. The Bertz CT molecular complexity index is 1110. The third-order valence-electron chi connectivity index (χ3n) is 9.09. The number of nitrogens with one attached hydrogen (secondary N) is 1. The number of anilines is 1. The average Bonchev–Trinajstić information content (AvgIpc) is 2.92. The van der Waals surface area contributed by atoms with Crippen molar-refractivity contribution in [3.63, 3.8) is 0 Å². The normalized spacial score (nSPS) is 25.6. The fraction of sp³-hybridized carbons (Fsp3) is 0.543. The highest BCUT2D eigenvalue weighted by molar-refractivity contribution is 5.53. The first-order chi connectivity index (χ1) is 18.3. The van der Waals surface area contributed by atoms with Crippen LogP contribution in [0.3, 0.4) is 0 Å². The standard InChI is InChI=1S/C35H49FN2/c1-7-10-28(9-3)32-22-35(6,36)33-21-26(5)11-16-31(33)34(32)29-12-14-30(15-13-29)38-19-17-27(18-20-38)24-37-23-25(4)8-2/h7,9-16,21,25,27,32,34,37H,8,17-20,22-24H2,1-6H3/b10-7-,28-9+. The molecule has 4 rings (SSSR count). The Morgan fingerprint density at radius 1 is 1.13 bits per heavy atom. The molecule has 206 valence electrons. The zero-order valence-electron chi connectivity index (χ0n) is 24.6. The molecular weight excluding hydrogens is 467 g/mol. The molecule has 2 nitrogen and oxygen atoms in total. The van der Waals surface area contributed by atoms with Crippen LogP contribution < -0.4 is 10.2 Å². The maximum absolute atomic E-state index is 16.1. The van der Waals surface area contributed by atoms with Gasteiger partial charge in [0.15, 0.2) is 0 Å². The predicted molar refractivity (Wildman–Crippen MR) is 162 cm³/mol. The summed E-state index contributed by atoms with van der Waals surface area (Å²) in [6, 6.07) is 15.6. The van der Waals surface area contributed by atoms with Crippen LogP contribution in [-0.2, 0) is 5.67 Å². The summed E-state index contributed by atoms with van der Waals surface area (Å²) in [5.41, 5.74) is 5.60. The third kappa shape index (κ3) is 6.42. The number of alkyl halides is 1. The Morgan fingerprint density at radius 3 is 2.47 bits per heavy atom. The summed E-state index contributed by atoms with van der Waals surface area (Å²) in [5.74, 6) is 1.78. The van der Waals surface area contributed by atoms with E-state index in [1.165, 1.54) is 36.1 Å². The van der Waals surface area contributed by atoms with Crippen molar-refractivity contribution >= 4 is 5.69 Å². The van der Waals surface area contributed by atoms with Gasteiger partial charge in [-0.3, -0.25) is 0 Å². The number of hydrogen-bond donors (Lipinski definition) is 1. The lowest BCUT2D eigenvalue weighted by molar-refractivity contribution is 0.134. The summed E-state index contributed by atoms with van der Waals surface area (Å²) in [6.07, 6.45) is 10.7. The van der Waals surface area contributed by atoms with Crippen molar-refractivity contribution in [1.29, 1.82) is 0 Å². The van der Waals surface area contributed by atoms with Gasteiger partial charge in [-0.05, 0) is 112 Å². The summed E-state index contributed by atoms with van der Waals surface area (Å²) < 4.78 is 16.1. The van der Waals surface area contributed by atoms with Gasteiger partial charge in [-0.25, -0.2) is 4.39 Å². The minimum atomic E-state index is -1.34. The SMILES string of the molecule is C/C=C\C(=C/C)C1CC(C)(F)c2cc(C)ccc2C1c1ccc(N2CCC(CNCC(C)CC)CC2)cc1. The first-order valence-corrected chi connectivity index (χ1v) is 14.9. The molecule has 1 fully saturated rings. The van der Waals surface area contributed by atoms with Gasteiger partial charge in [0.2, 0.25) is 0 Å². The molecule has 0 aromatic heterocycles. The van der Waals surface area contributed by atoms with Crippen molar-refractivity contribution in [3.05, 3.63) is 88.5 Å². The maximum atomic E-state index is 16.1. The number of nitrogens with zero attached hydrogens (tertiary/aromatic N) is 1. The number of aryl methyl sites for hydroxylation is 1. The van der Waals surface area contributed by atoms with E-state index < -0.39 is 5.67 Å². The molecule has 2 aromatic carbocycles. The van der Waals surface area contributed by atoms with Crippen LogP contribution in [0.25, 0.3) is 0 Å². The quantitative estimate of drug-likeness (QED) is 0.335. The Labute approximate surface area is 231 Å². The van der Waals surface area contributed by atoms with Crippen molar-refractivity contribution in [3.8, 4) is 0 Å². The summed E-state index contributed by atoms with van der Waals surface area (Å²) >= 11 is 0. The average molecular weight is 517 g/mol. The topological polar surface area (TPSA) is 15.3 Å². The summed E-state index contributed by atoms with van der Waals surface area (Å²) in [4.78, 5) is 2.54. The molecule has 1 saturated heterocycles. The lowest BCUT2D eigenvalue weighted by Crippen LogP contribution is -2.38. The van der Waals surface area contributed by atoms with Crippen LogP contribution in [-0.4, -0.2) is 26.2 Å². The van der Waals surface area contributed by atoms with E-state index in [1.54, 1.807) is 6.92 Å². The number of halogens is 1. The van der Waals surface area contributed by atoms with E-state index in [0.717, 1.165) is 54.7 Å². The van der Waals surface area contributed by atoms with E-state index in [4.69, 9.17) is 0 Å². The van der Waals surface area contributed by atoms with E-state index >= 15 is 4.39 Å². The molecular formula is C35H49FN2. The number of allylic oxidation sites excluding steroid dienone is 4. The Morgan fingerprint density at radius 2 is 1.84 bits per heavy atom. The van der Waals surface area contributed by atoms with Gasteiger partial charge in [0, 0.05) is 24.7 Å². The minimum absolute atomic E-state index is 0.103. The van der Waals surface area contributed by atoms with E-state index in [-0.39, 0.29) is 11.8 Å². The first kappa shape index (κ1) is 28.6. The Kier molecular flexibility index (Phi) is 9.52. The molecule has 0 amide bonds. The lowest BCUT2D eigenvalue weighted by atomic mass is 9.64. The summed E-state index contributed by atoms with van der Waals surface area (Å²) in [7, 11) is 0. The van der Waals surface area contributed by atoms with Crippen LogP contribution in [0.4, 0.5) is 10.1 Å². The van der Waals surface area contributed by atoms with Gasteiger partial charge < -0.3 is 10.2 Å². The second kappa shape index (κ2) is 12.6. The molecule has 2 aliphatic rings. The van der Waals surface area contributed by atoms with Crippen molar-refractivity contribution in [1.82, 2.24) is 5.32 Å². The van der Waals surface area contributed by atoms with Crippen LogP contribution in [0, 0.1) is 24.7 Å². The second-order valence-electron chi connectivity index (χ2n) is 12.1. The predicted octanol–water partition coefficient (Wildman–Crippen LogP) is 8.71. The largest absolute Gasteiger partial charge is 0.372 e. The number of rotatable bonds is 9. The Balaban J connectivity index is 1.53. The molecule has 0 radical (unpaired) electrons. The monoisotopic (exact) mass is 516 g/mol. The van der Waals surface area contributed by atoms with E-state index in [1.807, 2.05) is 6.92 Å². The fourth-order valence-corrected chi connectivity index (χ4v) is 6.56. The molecule has 4 unspecified atom stereocenters. The number of fused-ring (bicyclic) bond motifs is 1. The molecule has 4 atom stereocenters. The summed E-state index contributed by atoms with van der Waals surface area (Å²) in [6.45, 7) is 17.1. The van der Waals surface area contributed by atoms with E-state index in [0.29, 0.717) is 6.42 Å². The van der Waals surface area contributed by atoms with Crippen molar-refractivity contribution in [2.24, 2.45) is 17.8 Å². The van der Waals surface area contributed by atoms with Crippen LogP contribution in [0.15, 0.2) is 66.3 Å². The third-order valence-corrected chi connectivity index (χ3v) is 9.09. The Hall–Kier alpha value is -2.39. The molecule has 0 bridgehead atoms. The molecule has 0 spiro atoms. The second-order valence-corrected chi connectivity index (χ2v) is 12.1. The van der Waals surface area contributed by atoms with Gasteiger partial charge in [-0.1, -0.05) is 74.4 Å². The van der Waals surface area contributed by atoms with Crippen molar-refractivity contribution in [2.75, 3.05) is 31.1 Å². The van der Waals surface area contributed by atoms with Crippen LogP contribution >= 0.6 is 0 Å². The van der Waals surface area contributed by atoms with Gasteiger partial charge in [0.25, 0.3) is 0 Å². The zero-order chi connectivity index (χ0) is 27.3. The minimum Gasteiger partial charge on any atom is -0.372 e. The molecule has 1 aliphatic heterocycles. The molecule has 0 saturated carbocycles. The highest BCUT2D eigenvalue weighted by atomic mass is 19.1. The molecule has 1 heterocycles. The lowest BCUT2D eigenvalue weighted by Gasteiger charge is -2.41. The molecule has 1 N–H and O–H groups in total. The first-order valence-electron chi connectivity index (χ1n) is 14.9. The van der Waals surface area contributed by atoms with Crippen molar-refractivity contribution < 1.29 is 4.39 Å². The molecule has 2 aromatic rings.